The Balaban J connectivity index is 2.08. The van der Waals surface area contributed by atoms with Crippen LogP contribution in [0.25, 0.3) is 0 Å². The van der Waals surface area contributed by atoms with E-state index in [0.29, 0.717) is 17.9 Å². The second kappa shape index (κ2) is 6.39. The fourth-order valence-corrected chi connectivity index (χ4v) is 2.83. The molecule has 0 saturated heterocycles. The molecule has 0 radical (unpaired) electrons. The Labute approximate surface area is 128 Å². The zero-order valence-corrected chi connectivity index (χ0v) is 12.8. The van der Waals surface area contributed by atoms with E-state index in [-0.39, 0.29) is 5.91 Å². The Morgan fingerprint density at radius 1 is 1.38 bits per heavy atom. The van der Waals surface area contributed by atoms with Gasteiger partial charge in [-0.15, -0.1) is 0 Å². The molecule has 1 amide bonds. The molecule has 1 fully saturated rings. The normalized spacial score (nSPS) is 17.0. The smallest absolute Gasteiger partial charge is 0.326 e. The lowest BCUT2D eigenvalue weighted by atomic mass is 9.94. The molecule has 1 aliphatic rings. The number of hydrogen-bond donors (Lipinski definition) is 3. The predicted molar refractivity (Wildman–Crippen MR) is 84.3 cm³/mol. The highest BCUT2D eigenvalue weighted by atomic mass is 32.2. The van der Waals surface area contributed by atoms with Crippen molar-refractivity contribution in [1.82, 2.24) is 5.32 Å². The molecule has 0 aliphatic heterocycles. The Morgan fingerprint density at radius 3 is 2.48 bits per heavy atom. The van der Waals surface area contributed by atoms with Gasteiger partial charge in [0.15, 0.2) is 0 Å². The van der Waals surface area contributed by atoms with Gasteiger partial charge in [0.25, 0.3) is 0 Å². The van der Waals surface area contributed by atoms with Crippen LogP contribution in [0.5, 0.6) is 0 Å². The van der Waals surface area contributed by atoms with Gasteiger partial charge in [0.05, 0.1) is 5.41 Å². The van der Waals surface area contributed by atoms with Gasteiger partial charge in [0.2, 0.25) is 5.91 Å². The Hall–Kier alpha value is -1.69. The van der Waals surface area contributed by atoms with Crippen molar-refractivity contribution < 1.29 is 14.7 Å². The summed E-state index contributed by atoms with van der Waals surface area (Å²) in [6.45, 7) is 0. The van der Waals surface area contributed by atoms with Crippen LogP contribution < -0.4 is 11.1 Å². The molecule has 1 aliphatic carbocycles. The highest BCUT2D eigenvalue weighted by molar-refractivity contribution is 7.98. The molecule has 2 rings (SSSR count). The minimum absolute atomic E-state index is 0.194. The second-order valence-electron chi connectivity index (χ2n) is 5.35. The van der Waals surface area contributed by atoms with Crippen LogP contribution in [-0.2, 0) is 15.0 Å². The highest BCUT2D eigenvalue weighted by Crippen LogP contribution is 2.48. The number of carbonyl (C=O) groups excluding carboxylic acids is 1. The van der Waals surface area contributed by atoms with Gasteiger partial charge < -0.3 is 16.2 Å². The van der Waals surface area contributed by atoms with Crippen molar-refractivity contribution in [3.63, 3.8) is 0 Å². The molecule has 1 aromatic carbocycles. The van der Waals surface area contributed by atoms with Crippen molar-refractivity contribution in [2.45, 2.75) is 30.7 Å². The van der Waals surface area contributed by atoms with Crippen molar-refractivity contribution in [3.05, 3.63) is 29.8 Å². The summed E-state index contributed by atoms with van der Waals surface area (Å²) in [5, 5.41) is 11.9. The molecular formula is C15H20N2O3S. The molecule has 5 nitrogen and oxygen atoms in total. The lowest BCUT2D eigenvalue weighted by molar-refractivity contribution is -0.142. The van der Waals surface area contributed by atoms with Gasteiger partial charge in [-0.3, -0.25) is 4.79 Å². The minimum atomic E-state index is -0.981. The van der Waals surface area contributed by atoms with Crippen LogP contribution in [0, 0.1) is 0 Å². The van der Waals surface area contributed by atoms with Gasteiger partial charge >= 0.3 is 5.97 Å². The number of nitrogen functional groups attached to an aromatic ring is 1. The molecule has 0 bridgehead atoms. The number of rotatable bonds is 7. The first-order valence-electron chi connectivity index (χ1n) is 6.88. The summed E-state index contributed by atoms with van der Waals surface area (Å²) < 4.78 is 0. The van der Waals surface area contributed by atoms with Gasteiger partial charge in [-0.05, 0) is 49.0 Å². The third-order valence-corrected chi connectivity index (χ3v) is 4.51. The summed E-state index contributed by atoms with van der Waals surface area (Å²) in [5.41, 5.74) is 6.65. The van der Waals surface area contributed by atoms with E-state index < -0.39 is 17.4 Å². The first kappa shape index (κ1) is 15.7. The molecule has 0 unspecified atom stereocenters. The van der Waals surface area contributed by atoms with Crippen molar-refractivity contribution in [2.24, 2.45) is 0 Å². The molecule has 0 aromatic heterocycles. The van der Waals surface area contributed by atoms with E-state index in [9.17, 15) is 14.7 Å². The molecule has 6 heteroatoms. The monoisotopic (exact) mass is 308 g/mol. The quantitative estimate of drug-likeness (QED) is 0.666. The second-order valence-corrected chi connectivity index (χ2v) is 6.34. The third kappa shape index (κ3) is 3.50. The Morgan fingerprint density at radius 2 is 2.00 bits per heavy atom. The van der Waals surface area contributed by atoms with Crippen LogP contribution in [0.2, 0.25) is 0 Å². The molecule has 1 aromatic rings. The maximum absolute atomic E-state index is 12.5. The van der Waals surface area contributed by atoms with E-state index in [1.807, 2.05) is 18.4 Å². The van der Waals surface area contributed by atoms with E-state index in [0.717, 1.165) is 18.4 Å². The molecule has 0 spiro atoms. The third-order valence-electron chi connectivity index (χ3n) is 3.86. The van der Waals surface area contributed by atoms with Crippen LogP contribution in [0.3, 0.4) is 0 Å². The van der Waals surface area contributed by atoms with E-state index >= 15 is 0 Å². The molecule has 1 atom stereocenters. The van der Waals surface area contributed by atoms with E-state index in [4.69, 9.17) is 5.73 Å². The fraction of sp³-hybridized carbons (Fsp3) is 0.467. The van der Waals surface area contributed by atoms with Gasteiger partial charge in [-0.1, -0.05) is 12.1 Å². The number of carboxylic acids is 1. The minimum Gasteiger partial charge on any atom is -0.480 e. The Bertz CT molecular complexity index is 526. The van der Waals surface area contributed by atoms with Crippen LogP contribution in [0.15, 0.2) is 24.3 Å². The number of amides is 1. The molecule has 1 saturated carbocycles. The van der Waals surface area contributed by atoms with Gasteiger partial charge in [0.1, 0.15) is 6.04 Å². The molecular weight excluding hydrogens is 288 g/mol. The van der Waals surface area contributed by atoms with E-state index in [1.54, 1.807) is 23.9 Å². The molecule has 0 heterocycles. The van der Waals surface area contributed by atoms with E-state index in [2.05, 4.69) is 5.32 Å². The van der Waals surface area contributed by atoms with Crippen molar-refractivity contribution >= 4 is 29.3 Å². The number of anilines is 1. The first-order chi connectivity index (χ1) is 9.99. The van der Waals surface area contributed by atoms with Crippen molar-refractivity contribution in [2.75, 3.05) is 17.7 Å². The zero-order valence-electron chi connectivity index (χ0n) is 12.0. The topological polar surface area (TPSA) is 92.4 Å². The van der Waals surface area contributed by atoms with Crippen molar-refractivity contribution in [3.8, 4) is 0 Å². The van der Waals surface area contributed by atoms with E-state index in [1.165, 1.54) is 0 Å². The standard InChI is InChI=1S/C15H20N2O3S/c1-21-9-6-12(13(18)19)17-14(20)15(7-8-15)10-2-4-11(16)5-3-10/h2-5,12H,6-9,16H2,1H3,(H,17,20)(H,18,19)/t12-/m0/s1. The summed E-state index contributed by atoms with van der Waals surface area (Å²) in [6, 6.07) is 6.41. The number of aliphatic carboxylic acids is 1. The van der Waals surface area contributed by atoms with Crippen LogP contribution in [0.4, 0.5) is 5.69 Å². The summed E-state index contributed by atoms with van der Waals surface area (Å²) in [7, 11) is 0. The number of carbonyl (C=O) groups is 2. The van der Waals surface area contributed by atoms with Crippen LogP contribution in [-0.4, -0.2) is 35.0 Å². The number of hydrogen-bond acceptors (Lipinski definition) is 4. The number of benzene rings is 1. The maximum Gasteiger partial charge on any atom is 0.326 e. The first-order valence-corrected chi connectivity index (χ1v) is 8.28. The van der Waals surface area contributed by atoms with Crippen molar-refractivity contribution in [1.29, 1.82) is 0 Å². The molecule has 21 heavy (non-hydrogen) atoms. The zero-order chi connectivity index (χ0) is 15.5. The highest BCUT2D eigenvalue weighted by Gasteiger charge is 2.51. The SMILES string of the molecule is CSCC[C@H](NC(=O)C1(c2ccc(N)cc2)CC1)C(=O)O. The van der Waals surface area contributed by atoms with Crippen LogP contribution >= 0.6 is 11.8 Å². The summed E-state index contributed by atoms with van der Waals surface area (Å²) >= 11 is 1.57. The fourth-order valence-electron chi connectivity index (χ4n) is 2.36. The lowest BCUT2D eigenvalue weighted by Gasteiger charge is -2.20. The predicted octanol–water partition coefficient (Wildman–Crippen LogP) is 1.62. The summed E-state index contributed by atoms with van der Waals surface area (Å²) in [5.74, 6) is -0.474. The maximum atomic E-state index is 12.5. The summed E-state index contributed by atoms with van der Waals surface area (Å²) in [6.07, 6.45) is 3.84. The number of nitrogens with one attached hydrogen (secondary N) is 1. The largest absolute Gasteiger partial charge is 0.480 e. The Kier molecular flexibility index (Phi) is 4.77. The molecule has 4 N–H and O–H groups in total. The summed E-state index contributed by atoms with van der Waals surface area (Å²) in [4.78, 5) is 23.7. The average molecular weight is 308 g/mol. The van der Waals surface area contributed by atoms with Gasteiger partial charge in [-0.2, -0.15) is 11.8 Å². The lowest BCUT2D eigenvalue weighted by Crippen LogP contribution is -2.45. The number of carboxylic acid groups (broad SMARTS) is 1. The molecule has 114 valence electrons. The number of nitrogens with two attached hydrogens (primary N) is 1. The van der Waals surface area contributed by atoms with Gasteiger partial charge in [-0.25, -0.2) is 4.79 Å². The number of thioether (sulfide) groups is 1. The average Bonchev–Trinajstić information content (AvgIpc) is 3.25. The van der Waals surface area contributed by atoms with Gasteiger partial charge in [0, 0.05) is 5.69 Å². The van der Waals surface area contributed by atoms with Crippen LogP contribution in [0.1, 0.15) is 24.8 Å².